The van der Waals surface area contributed by atoms with E-state index in [1.165, 1.54) is 9.58 Å². The number of amides is 1. The molecule has 0 N–H and O–H groups in total. The van der Waals surface area contributed by atoms with Crippen molar-refractivity contribution in [3.05, 3.63) is 82.0 Å². The molecule has 0 spiro atoms. The quantitative estimate of drug-likeness (QED) is 0.682. The topological polar surface area (TPSA) is 60.1 Å². The number of nitrogens with zero attached hydrogens (tertiary/aromatic N) is 4. The van der Waals surface area contributed by atoms with Crippen molar-refractivity contribution < 1.29 is 13.6 Å². The molecule has 0 atom stereocenters. The summed E-state index contributed by atoms with van der Waals surface area (Å²) in [7, 11) is 1.61. The molecular formula is C21H20F2N4O2. The molecule has 1 amide bonds. The second-order valence-corrected chi connectivity index (χ2v) is 7.13. The summed E-state index contributed by atoms with van der Waals surface area (Å²) in [5, 5.41) is 4.42. The maximum absolute atomic E-state index is 13.9. The van der Waals surface area contributed by atoms with Gasteiger partial charge < -0.3 is 4.90 Å². The van der Waals surface area contributed by atoms with Crippen LogP contribution in [0, 0.1) is 11.6 Å². The van der Waals surface area contributed by atoms with Crippen LogP contribution in [-0.4, -0.2) is 38.2 Å². The lowest BCUT2D eigenvalue weighted by Crippen LogP contribution is -2.39. The zero-order valence-electron chi connectivity index (χ0n) is 15.9. The Hall–Kier alpha value is -3.29. The second-order valence-electron chi connectivity index (χ2n) is 7.13. The number of hydrogen-bond acceptors (Lipinski definition) is 3. The molecule has 2 heterocycles. The molecule has 0 bridgehead atoms. The van der Waals surface area contributed by atoms with Gasteiger partial charge in [-0.2, -0.15) is 5.10 Å². The Labute approximate surface area is 166 Å². The average molecular weight is 398 g/mol. The van der Waals surface area contributed by atoms with Crippen LogP contribution in [0.5, 0.6) is 0 Å². The normalized spacial score (nSPS) is 14.9. The first-order valence-electron chi connectivity index (χ1n) is 9.41. The zero-order chi connectivity index (χ0) is 20.5. The Morgan fingerprint density at radius 2 is 1.76 bits per heavy atom. The fraction of sp³-hybridized carbons (Fsp3) is 0.286. The smallest absolute Gasteiger partial charge is 0.339 e. The molecule has 4 rings (SSSR count). The fourth-order valence-electron chi connectivity index (χ4n) is 3.74. The molecule has 1 fully saturated rings. The van der Waals surface area contributed by atoms with E-state index in [1.54, 1.807) is 11.6 Å². The van der Waals surface area contributed by atoms with Gasteiger partial charge in [-0.3, -0.25) is 4.79 Å². The summed E-state index contributed by atoms with van der Waals surface area (Å²) in [6.07, 6.45) is 1.15. The summed E-state index contributed by atoms with van der Waals surface area (Å²) in [4.78, 5) is 26.7. The standard InChI is InChI=1S/C21H20F2N4O2/c1-25-21(29)27(16-5-3-2-4-6-16)19(24-25)14-9-11-26(12-10-14)20(28)17-13-15(22)7-8-18(17)23/h2-8,13-14H,9-12H2,1H3. The summed E-state index contributed by atoms with van der Waals surface area (Å²) in [5.41, 5.74) is 0.245. The van der Waals surface area contributed by atoms with Gasteiger partial charge in [0.05, 0.1) is 11.3 Å². The molecule has 29 heavy (non-hydrogen) atoms. The van der Waals surface area contributed by atoms with E-state index in [4.69, 9.17) is 0 Å². The van der Waals surface area contributed by atoms with Gasteiger partial charge in [0, 0.05) is 26.1 Å². The molecule has 3 aromatic rings. The van der Waals surface area contributed by atoms with Crippen molar-refractivity contribution in [2.24, 2.45) is 7.05 Å². The first-order valence-corrected chi connectivity index (χ1v) is 9.41. The number of likely N-dealkylation sites (tertiary alicyclic amines) is 1. The van der Waals surface area contributed by atoms with Crippen LogP contribution in [0.1, 0.15) is 34.9 Å². The van der Waals surface area contributed by atoms with E-state index >= 15 is 0 Å². The molecule has 1 saturated heterocycles. The van der Waals surface area contributed by atoms with E-state index in [9.17, 15) is 18.4 Å². The summed E-state index contributed by atoms with van der Waals surface area (Å²) in [6, 6.07) is 12.1. The zero-order valence-corrected chi connectivity index (χ0v) is 15.9. The number of rotatable bonds is 3. The van der Waals surface area contributed by atoms with Gasteiger partial charge in [0.1, 0.15) is 17.5 Å². The van der Waals surface area contributed by atoms with Gasteiger partial charge in [0.25, 0.3) is 5.91 Å². The molecule has 1 aromatic heterocycles. The predicted octanol–water partition coefficient (Wildman–Crippen LogP) is 2.87. The van der Waals surface area contributed by atoms with E-state index in [-0.39, 0.29) is 17.2 Å². The fourth-order valence-corrected chi connectivity index (χ4v) is 3.74. The average Bonchev–Trinajstić information content (AvgIpc) is 3.04. The first-order chi connectivity index (χ1) is 14.0. The van der Waals surface area contributed by atoms with Gasteiger partial charge in [0.15, 0.2) is 0 Å². The minimum atomic E-state index is -0.735. The number of carbonyl (C=O) groups excluding carboxylic acids is 1. The van der Waals surface area contributed by atoms with Crippen molar-refractivity contribution >= 4 is 5.91 Å². The van der Waals surface area contributed by atoms with Crippen LogP contribution in [0.4, 0.5) is 8.78 Å². The van der Waals surface area contributed by atoms with E-state index < -0.39 is 17.5 Å². The molecule has 0 radical (unpaired) electrons. The number of carbonyl (C=O) groups is 1. The van der Waals surface area contributed by atoms with Crippen LogP contribution in [-0.2, 0) is 7.05 Å². The maximum atomic E-state index is 13.9. The summed E-state index contributed by atoms with van der Waals surface area (Å²) in [5.74, 6) is -1.29. The number of aromatic nitrogens is 3. The van der Waals surface area contributed by atoms with E-state index in [0.717, 1.165) is 23.9 Å². The van der Waals surface area contributed by atoms with Crippen molar-refractivity contribution in [3.8, 4) is 5.69 Å². The second kappa shape index (κ2) is 7.62. The van der Waals surface area contributed by atoms with Gasteiger partial charge in [-0.25, -0.2) is 22.8 Å². The Balaban J connectivity index is 1.55. The van der Waals surface area contributed by atoms with Crippen molar-refractivity contribution in [1.82, 2.24) is 19.2 Å². The highest BCUT2D eigenvalue weighted by molar-refractivity contribution is 5.94. The highest BCUT2D eigenvalue weighted by Crippen LogP contribution is 2.28. The lowest BCUT2D eigenvalue weighted by Gasteiger charge is -2.31. The lowest BCUT2D eigenvalue weighted by molar-refractivity contribution is 0.0705. The van der Waals surface area contributed by atoms with E-state index in [2.05, 4.69) is 5.10 Å². The Morgan fingerprint density at radius 1 is 1.07 bits per heavy atom. The molecule has 1 aliphatic rings. The number of hydrogen-bond donors (Lipinski definition) is 0. The summed E-state index contributed by atoms with van der Waals surface area (Å²) in [6.45, 7) is 0.748. The monoisotopic (exact) mass is 398 g/mol. The Morgan fingerprint density at radius 3 is 2.45 bits per heavy atom. The third-order valence-electron chi connectivity index (χ3n) is 5.27. The lowest BCUT2D eigenvalue weighted by atomic mass is 9.95. The van der Waals surface area contributed by atoms with Crippen molar-refractivity contribution in [2.45, 2.75) is 18.8 Å². The molecular weight excluding hydrogens is 378 g/mol. The largest absolute Gasteiger partial charge is 0.350 e. The minimum Gasteiger partial charge on any atom is -0.339 e. The number of para-hydroxylation sites is 1. The highest BCUT2D eigenvalue weighted by Gasteiger charge is 2.30. The van der Waals surface area contributed by atoms with Crippen molar-refractivity contribution in [3.63, 3.8) is 0 Å². The molecule has 0 aliphatic carbocycles. The van der Waals surface area contributed by atoms with Crippen molar-refractivity contribution in [1.29, 1.82) is 0 Å². The molecule has 150 valence electrons. The van der Waals surface area contributed by atoms with Crippen LogP contribution in [0.2, 0.25) is 0 Å². The number of halogens is 2. The molecule has 2 aromatic carbocycles. The van der Waals surface area contributed by atoms with Gasteiger partial charge in [-0.05, 0) is 43.2 Å². The third-order valence-corrected chi connectivity index (χ3v) is 5.27. The number of benzene rings is 2. The SMILES string of the molecule is Cn1nc(C2CCN(C(=O)c3cc(F)ccc3F)CC2)n(-c2ccccc2)c1=O. The number of piperidine rings is 1. The van der Waals surface area contributed by atoms with Crippen LogP contribution in [0.25, 0.3) is 5.69 Å². The number of aryl methyl sites for hydroxylation is 1. The predicted molar refractivity (Wildman–Crippen MR) is 103 cm³/mol. The van der Waals surface area contributed by atoms with Gasteiger partial charge in [-0.1, -0.05) is 18.2 Å². The maximum Gasteiger partial charge on any atom is 0.350 e. The van der Waals surface area contributed by atoms with E-state index in [1.807, 2.05) is 30.3 Å². The van der Waals surface area contributed by atoms with Gasteiger partial charge >= 0.3 is 5.69 Å². The van der Waals surface area contributed by atoms with Gasteiger partial charge in [-0.15, -0.1) is 0 Å². The molecule has 1 aliphatic heterocycles. The Bertz CT molecular complexity index is 1100. The summed E-state index contributed by atoms with van der Waals surface area (Å²) >= 11 is 0. The van der Waals surface area contributed by atoms with Gasteiger partial charge in [0.2, 0.25) is 0 Å². The summed E-state index contributed by atoms with van der Waals surface area (Å²) < 4.78 is 30.3. The Kier molecular flexibility index (Phi) is 5.00. The van der Waals surface area contributed by atoms with Crippen LogP contribution in [0.3, 0.4) is 0 Å². The van der Waals surface area contributed by atoms with Crippen LogP contribution in [0.15, 0.2) is 53.3 Å². The molecule has 0 unspecified atom stereocenters. The van der Waals surface area contributed by atoms with Crippen LogP contribution < -0.4 is 5.69 Å². The third kappa shape index (κ3) is 3.57. The van der Waals surface area contributed by atoms with Crippen LogP contribution >= 0.6 is 0 Å². The van der Waals surface area contributed by atoms with E-state index in [0.29, 0.717) is 31.8 Å². The molecule has 6 nitrogen and oxygen atoms in total. The molecule has 8 heteroatoms. The first kappa shape index (κ1) is 19.0. The molecule has 0 saturated carbocycles. The van der Waals surface area contributed by atoms with Crippen molar-refractivity contribution in [2.75, 3.05) is 13.1 Å². The highest BCUT2D eigenvalue weighted by atomic mass is 19.1. The minimum absolute atomic E-state index is 0.0227.